The standard InChI is InChI=1S/C22H40N2O/c1-2-3-4-5-6-7-8-9-10-11-12-13-14-15-18-24-19-16-17-21(20-24)22(23)25/h16,19-20H,2-15,17-18H2,1H3,(H2,23,25). The van der Waals surface area contributed by atoms with E-state index in [1.165, 1.54) is 89.9 Å². The summed E-state index contributed by atoms with van der Waals surface area (Å²) in [6, 6.07) is 0. The zero-order valence-corrected chi connectivity index (χ0v) is 16.5. The number of carbonyl (C=O) groups is 1. The van der Waals surface area contributed by atoms with Gasteiger partial charge in [0.25, 0.3) is 0 Å². The number of allylic oxidation sites excluding steroid dienone is 1. The number of amides is 1. The molecule has 0 atom stereocenters. The van der Waals surface area contributed by atoms with E-state index in [9.17, 15) is 4.79 Å². The molecule has 0 radical (unpaired) electrons. The summed E-state index contributed by atoms with van der Waals surface area (Å²) >= 11 is 0. The number of rotatable bonds is 16. The molecule has 1 amide bonds. The van der Waals surface area contributed by atoms with Crippen LogP contribution in [0.2, 0.25) is 0 Å². The van der Waals surface area contributed by atoms with E-state index in [1.54, 1.807) is 0 Å². The minimum absolute atomic E-state index is 0.296. The van der Waals surface area contributed by atoms with Crippen LogP contribution in [0.15, 0.2) is 24.0 Å². The molecule has 1 aliphatic heterocycles. The summed E-state index contributed by atoms with van der Waals surface area (Å²) in [6.07, 6.45) is 26.0. The lowest BCUT2D eigenvalue weighted by molar-refractivity contribution is -0.114. The van der Waals surface area contributed by atoms with E-state index in [-0.39, 0.29) is 5.91 Å². The zero-order chi connectivity index (χ0) is 18.2. The summed E-state index contributed by atoms with van der Waals surface area (Å²) < 4.78 is 0. The molecule has 2 N–H and O–H groups in total. The van der Waals surface area contributed by atoms with Crippen molar-refractivity contribution in [1.82, 2.24) is 4.90 Å². The van der Waals surface area contributed by atoms with Crippen molar-refractivity contribution in [3.05, 3.63) is 24.0 Å². The van der Waals surface area contributed by atoms with E-state index < -0.39 is 0 Å². The Morgan fingerprint density at radius 1 is 0.880 bits per heavy atom. The predicted octanol–water partition coefficient (Wildman–Crippen LogP) is 6.06. The van der Waals surface area contributed by atoms with E-state index in [1.807, 2.05) is 12.3 Å². The Morgan fingerprint density at radius 3 is 1.84 bits per heavy atom. The normalized spacial score (nSPS) is 14.0. The molecule has 3 heteroatoms. The fourth-order valence-electron chi connectivity index (χ4n) is 3.40. The molecule has 1 rings (SSSR count). The first-order valence-corrected chi connectivity index (χ1v) is 10.7. The second-order valence-electron chi connectivity index (χ2n) is 7.44. The number of nitrogens with zero attached hydrogens (tertiary/aromatic N) is 1. The maximum absolute atomic E-state index is 11.2. The summed E-state index contributed by atoms with van der Waals surface area (Å²) in [5, 5.41) is 0. The number of unbranched alkanes of at least 4 members (excludes halogenated alkanes) is 13. The number of hydrogen-bond acceptors (Lipinski definition) is 2. The molecule has 0 fully saturated rings. The average Bonchev–Trinajstić information content (AvgIpc) is 2.62. The van der Waals surface area contributed by atoms with Crippen molar-refractivity contribution in [2.75, 3.05) is 6.54 Å². The Balaban J connectivity index is 1.84. The molecular formula is C22H40N2O. The van der Waals surface area contributed by atoms with Gasteiger partial charge in [0.15, 0.2) is 0 Å². The minimum Gasteiger partial charge on any atom is -0.366 e. The molecular weight excluding hydrogens is 308 g/mol. The summed E-state index contributed by atoms with van der Waals surface area (Å²) in [7, 11) is 0. The minimum atomic E-state index is -0.296. The molecule has 0 aromatic carbocycles. The van der Waals surface area contributed by atoms with Gasteiger partial charge < -0.3 is 10.6 Å². The van der Waals surface area contributed by atoms with Crippen LogP contribution in [0, 0.1) is 0 Å². The quantitative estimate of drug-likeness (QED) is 0.345. The lowest BCUT2D eigenvalue weighted by atomic mass is 10.0. The molecule has 0 bridgehead atoms. The maximum Gasteiger partial charge on any atom is 0.246 e. The van der Waals surface area contributed by atoms with Crippen molar-refractivity contribution in [3.8, 4) is 0 Å². The number of nitrogens with two attached hydrogens (primary N) is 1. The van der Waals surface area contributed by atoms with Crippen LogP contribution in [0.5, 0.6) is 0 Å². The van der Waals surface area contributed by atoms with Crippen molar-refractivity contribution in [2.45, 2.75) is 103 Å². The maximum atomic E-state index is 11.2. The third kappa shape index (κ3) is 11.9. The largest absolute Gasteiger partial charge is 0.366 e. The Kier molecular flexibility index (Phi) is 13.1. The highest BCUT2D eigenvalue weighted by molar-refractivity contribution is 5.92. The first-order valence-electron chi connectivity index (χ1n) is 10.7. The van der Waals surface area contributed by atoms with Gasteiger partial charge >= 0.3 is 0 Å². The van der Waals surface area contributed by atoms with Gasteiger partial charge in [-0.2, -0.15) is 0 Å². The van der Waals surface area contributed by atoms with Gasteiger partial charge in [-0.15, -0.1) is 0 Å². The Labute approximate surface area is 155 Å². The number of hydrogen-bond donors (Lipinski definition) is 1. The number of carbonyl (C=O) groups excluding carboxylic acids is 1. The fourth-order valence-corrected chi connectivity index (χ4v) is 3.40. The van der Waals surface area contributed by atoms with E-state index in [4.69, 9.17) is 5.73 Å². The Bertz CT molecular complexity index is 401. The van der Waals surface area contributed by atoms with Crippen molar-refractivity contribution in [2.24, 2.45) is 5.73 Å². The van der Waals surface area contributed by atoms with Crippen LogP contribution >= 0.6 is 0 Å². The third-order valence-corrected chi connectivity index (χ3v) is 5.04. The van der Waals surface area contributed by atoms with Crippen molar-refractivity contribution in [1.29, 1.82) is 0 Å². The molecule has 0 saturated heterocycles. The molecule has 0 saturated carbocycles. The smallest absolute Gasteiger partial charge is 0.246 e. The highest BCUT2D eigenvalue weighted by Gasteiger charge is 2.09. The van der Waals surface area contributed by atoms with Crippen LogP contribution in [0.4, 0.5) is 0 Å². The highest BCUT2D eigenvalue weighted by Crippen LogP contribution is 2.15. The molecule has 0 spiro atoms. The zero-order valence-electron chi connectivity index (χ0n) is 16.5. The molecule has 25 heavy (non-hydrogen) atoms. The molecule has 0 aliphatic carbocycles. The van der Waals surface area contributed by atoms with E-state index in [0.29, 0.717) is 12.0 Å². The summed E-state index contributed by atoms with van der Waals surface area (Å²) in [4.78, 5) is 13.3. The summed E-state index contributed by atoms with van der Waals surface area (Å²) in [5.41, 5.74) is 6.06. The second-order valence-corrected chi connectivity index (χ2v) is 7.44. The van der Waals surface area contributed by atoms with Crippen LogP contribution in [-0.2, 0) is 4.79 Å². The first kappa shape index (κ1) is 21.8. The lowest BCUT2D eigenvalue weighted by Gasteiger charge is -2.20. The van der Waals surface area contributed by atoms with Gasteiger partial charge in [0.05, 0.1) is 0 Å². The predicted molar refractivity (Wildman–Crippen MR) is 108 cm³/mol. The van der Waals surface area contributed by atoms with Gasteiger partial charge in [-0.25, -0.2) is 0 Å². The molecule has 144 valence electrons. The van der Waals surface area contributed by atoms with E-state index >= 15 is 0 Å². The Hall–Kier alpha value is -1.25. The van der Waals surface area contributed by atoms with Crippen LogP contribution in [0.3, 0.4) is 0 Å². The van der Waals surface area contributed by atoms with Gasteiger partial charge in [-0.05, 0) is 19.0 Å². The summed E-state index contributed by atoms with van der Waals surface area (Å²) in [6.45, 7) is 3.27. The molecule has 3 nitrogen and oxygen atoms in total. The molecule has 1 heterocycles. The SMILES string of the molecule is CCCCCCCCCCCCCCCCN1C=CCC(C(N)=O)=C1. The van der Waals surface area contributed by atoms with Crippen molar-refractivity contribution in [3.63, 3.8) is 0 Å². The summed E-state index contributed by atoms with van der Waals surface area (Å²) in [5.74, 6) is -0.296. The third-order valence-electron chi connectivity index (χ3n) is 5.04. The lowest BCUT2D eigenvalue weighted by Crippen LogP contribution is -2.21. The van der Waals surface area contributed by atoms with Gasteiger partial charge in [0, 0.05) is 18.3 Å². The van der Waals surface area contributed by atoms with E-state index in [2.05, 4.69) is 18.0 Å². The van der Waals surface area contributed by atoms with Crippen LogP contribution in [0.25, 0.3) is 0 Å². The van der Waals surface area contributed by atoms with E-state index in [0.717, 1.165) is 6.54 Å². The van der Waals surface area contributed by atoms with Gasteiger partial charge in [0.1, 0.15) is 0 Å². The molecule has 0 aromatic heterocycles. The van der Waals surface area contributed by atoms with Crippen LogP contribution in [0.1, 0.15) is 103 Å². The Morgan fingerprint density at radius 2 is 1.36 bits per heavy atom. The molecule has 1 aliphatic rings. The second kappa shape index (κ2) is 15.0. The number of primary amides is 1. The van der Waals surface area contributed by atoms with Crippen molar-refractivity contribution >= 4 is 5.91 Å². The first-order chi connectivity index (χ1) is 12.2. The van der Waals surface area contributed by atoms with Gasteiger partial charge in [0.2, 0.25) is 5.91 Å². The van der Waals surface area contributed by atoms with Gasteiger partial charge in [-0.1, -0.05) is 96.5 Å². The van der Waals surface area contributed by atoms with Crippen molar-refractivity contribution < 1.29 is 4.79 Å². The average molecular weight is 349 g/mol. The highest BCUT2D eigenvalue weighted by atomic mass is 16.1. The molecule has 0 aromatic rings. The topological polar surface area (TPSA) is 46.3 Å². The fraction of sp³-hybridized carbons (Fsp3) is 0.773. The van der Waals surface area contributed by atoms with Gasteiger partial charge in [-0.3, -0.25) is 4.79 Å². The van der Waals surface area contributed by atoms with Crippen LogP contribution < -0.4 is 5.73 Å². The van der Waals surface area contributed by atoms with Crippen LogP contribution in [-0.4, -0.2) is 17.4 Å². The monoisotopic (exact) mass is 348 g/mol. The molecule has 0 unspecified atom stereocenters.